The number of unbranched alkanes of at least 4 members (excludes halogenated alkanes) is 2. The molecule has 0 aromatic carbocycles. The third-order valence-electron chi connectivity index (χ3n) is 2.34. The van der Waals surface area contributed by atoms with Crippen LogP contribution in [0.25, 0.3) is 0 Å². The van der Waals surface area contributed by atoms with Gasteiger partial charge >= 0.3 is 37.7 Å². The summed E-state index contributed by atoms with van der Waals surface area (Å²) in [4.78, 5) is 19.9. The van der Waals surface area contributed by atoms with E-state index < -0.39 is 24.0 Å². The maximum Gasteiger partial charge on any atom is 2.00 e. The fourth-order valence-electron chi connectivity index (χ4n) is 1.08. The predicted octanol–water partition coefficient (Wildman–Crippen LogP) is -1.87. The van der Waals surface area contributed by atoms with E-state index in [1.807, 2.05) is 13.8 Å². The Kier molecular flexibility index (Phi) is 20.6. The van der Waals surface area contributed by atoms with Gasteiger partial charge in [0.1, 0.15) is 0 Å². The minimum Gasteiger partial charge on any atom is -0.548 e. The number of rotatable bonds is 8. The summed E-state index contributed by atoms with van der Waals surface area (Å²) >= 11 is 0. The molecule has 0 fully saturated rings. The molecule has 0 aromatic rings. The van der Waals surface area contributed by atoms with Gasteiger partial charge in [-0.05, 0) is 12.8 Å². The molecule has 0 aliphatic carbocycles. The van der Waals surface area contributed by atoms with Crippen molar-refractivity contribution in [3.05, 3.63) is 0 Å². The molecule has 2 unspecified atom stereocenters. The van der Waals surface area contributed by atoms with Gasteiger partial charge in [-0.2, -0.15) is 0 Å². The quantitative estimate of drug-likeness (QED) is 0.504. The van der Waals surface area contributed by atoms with Gasteiger partial charge < -0.3 is 31.3 Å². The Hall–Kier alpha value is 0.120. The topological polar surface area (TPSA) is 132 Å². The third-order valence-corrected chi connectivity index (χ3v) is 2.34. The fraction of sp³-hybridized carbons (Fsp3) is 0.833. The van der Waals surface area contributed by atoms with E-state index in [2.05, 4.69) is 0 Å². The minimum absolute atomic E-state index is 0. The van der Waals surface area contributed by atoms with Gasteiger partial charge in [0, 0.05) is 12.1 Å². The molecule has 0 saturated heterocycles. The Morgan fingerprint density at radius 2 is 1.16 bits per heavy atom. The Labute approximate surface area is 144 Å². The van der Waals surface area contributed by atoms with Crippen LogP contribution in [-0.4, -0.2) is 61.8 Å². The van der Waals surface area contributed by atoms with Crippen LogP contribution in [0.15, 0.2) is 0 Å². The summed E-state index contributed by atoms with van der Waals surface area (Å²) in [5, 5.41) is 19.9. The van der Waals surface area contributed by atoms with E-state index in [1.54, 1.807) is 0 Å². The SMILES string of the molecule is CCCCC(N)C(=O)[O-].CCCCC(N)C(=O)[O-].[Ca+2]. The zero-order valence-electron chi connectivity index (χ0n) is 11.9. The summed E-state index contributed by atoms with van der Waals surface area (Å²) < 4.78 is 0. The Morgan fingerprint density at radius 1 is 0.895 bits per heavy atom. The van der Waals surface area contributed by atoms with Crippen molar-refractivity contribution >= 4 is 49.7 Å². The standard InChI is InChI=1S/2C6H13NO2.Ca/c2*1-2-3-4-5(7)6(8)9;/h2*5H,2-4,7H2,1H3,(H,8,9);/q;;+2/p-2. The summed E-state index contributed by atoms with van der Waals surface area (Å²) in [6.45, 7) is 3.98. The van der Waals surface area contributed by atoms with Crippen LogP contribution in [-0.2, 0) is 9.59 Å². The molecule has 0 aliphatic heterocycles. The molecule has 0 spiro atoms. The van der Waals surface area contributed by atoms with Crippen LogP contribution in [0.1, 0.15) is 52.4 Å². The molecule has 108 valence electrons. The summed E-state index contributed by atoms with van der Waals surface area (Å²) in [6, 6.07) is -1.55. The zero-order valence-corrected chi connectivity index (χ0v) is 14.1. The fourth-order valence-corrected chi connectivity index (χ4v) is 1.08. The van der Waals surface area contributed by atoms with Gasteiger partial charge in [-0.25, -0.2) is 0 Å². The molecule has 19 heavy (non-hydrogen) atoms. The maximum absolute atomic E-state index is 9.97. The van der Waals surface area contributed by atoms with Crippen LogP contribution in [0.2, 0.25) is 0 Å². The number of hydrogen-bond acceptors (Lipinski definition) is 6. The molecule has 0 saturated carbocycles. The molecular weight excluding hydrogens is 276 g/mol. The second kappa shape index (κ2) is 16.2. The number of carbonyl (C=O) groups excluding carboxylic acids is 2. The molecule has 0 aliphatic rings. The van der Waals surface area contributed by atoms with Crippen LogP contribution in [0.3, 0.4) is 0 Å². The first-order valence-corrected chi connectivity index (χ1v) is 6.29. The molecule has 7 heteroatoms. The van der Waals surface area contributed by atoms with Crippen molar-refractivity contribution in [3.8, 4) is 0 Å². The summed E-state index contributed by atoms with van der Waals surface area (Å²) in [6.07, 6.45) is 4.71. The second-order valence-corrected chi connectivity index (χ2v) is 4.14. The van der Waals surface area contributed by atoms with Crippen LogP contribution in [0.5, 0.6) is 0 Å². The predicted molar refractivity (Wildman–Crippen MR) is 70.8 cm³/mol. The van der Waals surface area contributed by atoms with E-state index in [0.717, 1.165) is 25.7 Å². The van der Waals surface area contributed by atoms with Crippen LogP contribution in [0, 0.1) is 0 Å². The normalized spacial score (nSPS) is 12.4. The van der Waals surface area contributed by atoms with Crippen molar-refractivity contribution in [3.63, 3.8) is 0 Å². The van der Waals surface area contributed by atoms with Crippen molar-refractivity contribution in [2.75, 3.05) is 0 Å². The Bertz CT molecular complexity index is 216. The van der Waals surface area contributed by atoms with E-state index in [-0.39, 0.29) is 37.7 Å². The molecule has 4 N–H and O–H groups in total. The molecular formula is C12H24CaN2O4. The van der Waals surface area contributed by atoms with Crippen molar-refractivity contribution in [1.29, 1.82) is 0 Å². The van der Waals surface area contributed by atoms with Crippen molar-refractivity contribution in [2.24, 2.45) is 11.5 Å². The minimum atomic E-state index is -1.15. The number of nitrogens with two attached hydrogens (primary N) is 2. The first-order valence-electron chi connectivity index (χ1n) is 6.29. The van der Waals surface area contributed by atoms with Gasteiger partial charge in [-0.1, -0.05) is 39.5 Å². The van der Waals surface area contributed by atoms with Gasteiger partial charge in [0.2, 0.25) is 0 Å². The van der Waals surface area contributed by atoms with Gasteiger partial charge in [-0.15, -0.1) is 0 Å². The van der Waals surface area contributed by atoms with Gasteiger partial charge in [0.25, 0.3) is 0 Å². The number of aliphatic carboxylic acids is 2. The molecule has 0 rings (SSSR count). The first kappa shape index (κ1) is 24.2. The number of carbonyl (C=O) groups is 2. The Balaban J connectivity index is -0.000000256. The summed E-state index contributed by atoms with van der Waals surface area (Å²) in [5.41, 5.74) is 10.3. The summed E-state index contributed by atoms with van der Waals surface area (Å²) in [5.74, 6) is -2.30. The van der Waals surface area contributed by atoms with Crippen molar-refractivity contribution in [1.82, 2.24) is 0 Å². The van der Waals surface area contributed by atoms with Crippen molar-refractivity contribution in [2.45, 2.75) is 64.5 Å². The van der Waals surface area contributed by atoms with Crippen LogP contribution >= 0.6 is 0 Å². The number of hydrogen-bond donors (Lipinski definition) is 2. The van der Waals surface area contributed by atoms with E-state index >= 15 is 0 Å². The smallest absolute Gasteiger partial charge is 0.548 e. The number of carboxylic acid groups (broad SMARTS) is 2. The Morgan fingerprint density at radius 3 is 1.32 bits per heavy atom. The van der Waals surface area contributed by atoms with Gasteiger partial charge in [-0.3, -0.25) is 0 Å². The molecule has 0 amide bonds. The van der Waals surface area contributed by atoms with E-state index in [9.17, 15) is 19.8 Å². The van der Waals surface area contributed by atoms with Gasteiger partial charge in [0.05, 0.1) is 11.9 Å². The maximum atomic E-state index is 9.97. The monoisotopic (exact) mass is 300 g/mol. The molecule has 0 bridgehead atoms. The third kappa shape index (κ3) is 18.1. The largest absolute Gasteiger partial charge is 2.00 e. The van der Waals surface area contributed by atoms with Crippen LogP contribution in [0.4, 0.5) is 0 Å². The zero-order chi connectivity index (χ0) is 14.6. The van der Waals surface area contributed by atoms with E-state index in [0.29, 0.717) is 12.8 Å². The van der Waals surface area contributed by atoms with E-state index in [4.69, 9.17) is 11.5 Å². The van der Waals surface area contributed by atoms with Gasteiger partial charge in [0.15, 0.2) is 0 Å². The van der Waals surface area contributed by atoms with Crippen LogP contribution < -0.4 is 21.7 Å². The molecule has 0 radical (unpaired) electrons. The van der Waals surface area contributed by atoms with Crippen molar-refractivity contribution < 1.29 is 19.8 Å². The average Bonchev–Trinajstić information content (AvgIpc) is 2.33. The first-order chi connectivity index (χ1) is 8.36. The summed E-state index contributed by atoms with van der Waals surface area (Å²) in [7, 11) is 0. The molecule has 0 aromatic heterocycles. The molecule has 2 atom stereocenters. The average molecular weight is 300 g/mol. The number of carboxylic acids is 2. The van der Waals surface area contributed by atoms with E-state index in [1.165, 1.54) is 0 Å². The second-order valence-electron chi connectivity index (χ2n) is 4.14. The molecule has 0 heterocycles. The molecule has 6 nitrogen and oxygen atoms in total.